The number of amides is 1. The van der Waals surface area contributed by atoms with Gasteiger partial charge >= 0.3 is 0 Å². The number of fused-ring (bicyclic) bond motifs is 1. The van der Waals surface area contributed by atoms with Gasteiger partial charge in [-0.1, -0.05) is 30.3 Å². The van der Waals surface area contributed by atoms with Crippen molar-refractivity contribution >= 4 is 29.1 Å². The summed E-state index contributed by atoms with van der Waals surface area (Å²) in [5, 5.41) is 12.4. The van der Waals surface area contributed by atoms with Crippen molar-refractivity contribution in [1.29, 1.82) is 0 Å². The molecule has 1 atom stereocenters. The van der Waals surface area contributed by atoms with E-state index in [2.05, 4.69) is 15.7 Å². The molecule has 0 fully saturated rings. The molecule has 1 aromatic heterocycles. The van der Waals surface area contributed by atoms with Crippen molar-refractivity contribution < 1.29 is 9.53 Å². The molecule has 0 aliphatic heterocycles. The zero-order valence-corrected chi connectivity index (χ0v) is 15.8. The van der Waals surface area contributed by atoms with Gasteiger partial charge in [0.15, 0.2) is 0 Å². The number of hydrogen-bond acceptors (Lipinski definition) is 4. The maximum absolute atomic E-state index is 12.6. The van der Waals surface area contributed by atoms with Crippen LogP contribution in [0.1, 0.15) is 17.2 Å². The van der Waals surface area contributed by atoms with Crippen LogP contribution in [0, 0.1) is 0 Å². The number of aromatic nitrogens is 2. The van der Waals surface area contributed by atoms with Gasteiger partial charge in [0.25, 0.3) is 0 Å². The third-order valence-corrected chi connectivity index (χ3v) is 4.27. The van der Waals surface area contributed by atoms with Crippen molar-refractivity contribution in [2.24, 2.45) is 7.05 Å². The van der Waals surface area contributed by atoms with Gasteiger partial charge in [-0.25, -0.2) is 0 Å². The molecule has 7 heteroatoms. The molecule has 2 aromatic carbocycles. The van der Waals surface area contributed by atoms with Gasteiger partial charge in [-0.2, -0.15) is 5.10 Å². The van der Waals surface area contributed by atoms with E-state index in [-0.39, 0.29) is 18.3 Å². The Labute approximate surface area is 158 Å². The molecule has 0 radical (unpaired) electrons. The lowest BCUT2D eigenvalue weighted by atomic mass is 10.0. The van der Waals surface area contributed by atoms with Gasteiger partial charge in [0.2, 0.25) is 5.91 Å². The van der Waals surface area contributed by atoms with Gasteiger partial charge in [0.1, 0.15) is 11.8 Å². The van der Waals surface area contributed by atoms with Crippen LogP contribution in [0.3, 0.4) is 0 Å². The topological polar surface area (TPSA) is 68.2 Å². The highest BCUT2D eigenvalue weighted by atomic mass is 35.5. The Balaban J connectivity index is 0.00000243. The van der Waals surface area contributed by atoms with E-state index in [1.54, 1.807) is 25.0 Å². The molecule has 0 aliphatic rings. The largest absolute Gasteiger partial charge is 0.496 e. The molecule has 26 heavy (non-hydrogen) atoms. The van der Waals surface area contributed by atoms with Gasteiger partial charge in [0, 0.05) is 30.9 Å². The fraction of sp³-hybridized carbons (Fsp3) is 0.263. The smallest absolute Gasteiger partial charge is 0.242 e. The van der Waals surface area contributed by atoms with E-state index in [1.165, 1.54) is 0 Å². The third kappa shape index (κ3) is 3.98. The molecule has 3 rings (SSSR count). The second-order valence-electron chi connectivity index (χ2n) is 5.85. The van der Waals surface area contributed by atoms with Crippen LogP contribution >= 0.6 is 12.4 Å². The van der Waals surface area contributed by atoms with Crippen molar-refractivity contribution in [3.8, 4) is 5.75 Å². The molecular weight excluding hydrogens is 352 g/mol. The number of hydrogen-bond donors (Lipinski definition) is 2. The highest BCUT2D eigenvalue weighted by Gasteiger charge is 2.20. The van der Waals surface area contributed by atoms with Gasteiger partial charge < -0.3 is 15.4 Å². The van der Waals surface area contributed by atoms with Crippen LogP contribution in [-0.4, -0.2) is 29.8 Å². The first kappa shape index (κ1) is 19.8. The van der Waals surface area contributed by atoms with Crippen LogP contribution in [-0.2, 0) is 18.4 Å². The van der Waals surface area contributed by atoms with Crippen LogP contribution in [0.15, 0.2) is 48.8 Å². The summed E-state index contributed by atoms with van der Waals surface area (Å²) in [6, 6.07) is 11.6. The molecule has 1 heterocycles. The Morgan fingerprint density at radius 3 is 2.69 bits per heavy atom. The molecule has 0 bridgehead atoms. The van der Waals surface area contributed by atoms with Crippen molar-refractivity contribution in [1.82, 2.24) is 20.4 Å². The molecule has 6 nitrogen and oxygen atoms in total. The summed E-state index contributed by atoms with van der Waals surface area (Å²) in [7, 11) is 5.23. The minimum absolute atomic E-state index is 0. The summed E-state index contributed by atoms with van der Waals surface area (Å²) in [5.74, 6) is 0.659. The standard InChI is InChI=1S/C19H22N4O2.ClH/c1-20-18(14-10-22-23(2)12-14)19(24)21-11-16-15-7-5-4-6-13(15)8-9-17(16)25-3;/h4-10,12,18,20H,11H2,1-3H3,(H,21,24);1H. The summed E-state index contributed by atoms with van der Waals surface area (Å²) >= 11 is 0. The monoisotopic (exact) mass is 374 g/mol. The number of nitrogens with zero attached hydrogens (tertiary/aromatic N) is 2. The average molecular weight is 375 g/mol. The lowest BCUT2D eigenvalue weighted by molar-refractivity contribution is -0.123. The number of carbonyl (C=O) groups excluding carboxylic acids is 1. The second-order valence-corrected chi connectivity index (χ2v) is 5.85. The predicted molar refractivity (Wildman–Crippen MR) is 105 cm³/mol. The van der Waals surface area contributed by atoms with Crippen molar-refractivity contribution in [2.75, 3.05) is 14.2 Å². The zero-order chi connectivity index (χ0) is 17.8. The van der Waals surface area contributed by atoms with E-state index < -0.39 is 6.04 Å². The van der Waals surface area contributed by atoms with E-state index in [9.17, 15) is 4.79 Å². The number of rotatable bonds is 6. The molecule has 138 valence electrons. The Morgan fingerprint density at radius 1 is 1.27 bits per heavy atom. The SMILES string of the molecule is CNC(C(=O)NCc1c(OC)ccc2ccccc12)c1cnn(C)c1.Cl. The van der Waals surface area contributed by atoms with E-state index in [4.69, 9.17) is 4.74 Å². The van der Waals surface area contributed by atoms with E-state index in [0.29, 0.717) is 6.54 Å². The molecule has 0 spiro atoms. The summed E-state index contributed by atoms with van der Waals surface area (Å²) in [4.78, 5) is 12.6. The average Bonchev–Trinajstić information content (AvgIpc) is 3.06. The van der Waals surface area contributed by atoms with E-state index >= 15 is 0 Å². The quantitative estimate of drug-likeness (QED) is 0.696. The number of methoxy groups -OCH3 is 1. The summed E-state index contributed by atoms with van der Waals surface area (Å²) in [6.07, 6.45) is 3.53. The van der Waals surface area contributed by atoms with Crippen LogP contribution in [0.25, 0.3) is 10.8 Å². The molecule has 1 unspecified atom stereocenters. The molecule has 0 saturated heterocycles. The number of ether oxygens (including phenoxy) is 1. The molecule has 2 N–H and O–H groups in total. The van der Waals surface area contributed by atoms with Crippen LogP contribution in [0.4, 0.5) is 0 Å². The normalized spacial score (nSPS) is 11.7. The summed E-state index contributed by atoms with van der Waals surface area (Å²) in [5.41, 5.74) is 1.79. The maximum atomic E-state index is 12.6. The fourth-order valence-corrected chi connectivity index (χ4v) is 3.01. The fourth-order valence-electron chi connectivity index (χ4n) is 3.01. The summed E-state index contributed by atoms with van der Waals surface area (Å²) < 4.78 is 7.16. The van der Waals surface area contributed by atoms with E-state index in [0.717, 1.165) is 27.6 Å². The van der Waals surface area contributed by atoms with Gasteiger partial charge in [-0.3, -0.25) is 9.48 Å². The first-order valence-electron chi connectivity index (χ1n) is 8.12. The number of nitrogens with one attached hydrogen (secondary N) is 2. The third-order valence-electron chi connectivity index (χ3n) is 4.27. The lowest BCUT2D eigenvalue weighted by Gasteiger charge is -2.17. The minimum atomic E-state index is -0.449. The molecule has 1 amide bonds. The van der Waals surface area contributed by atoms with Crippen molar-refractivity contribution in [3.63, 3.8) is 0 Å². The molecule has 0 saturated carbocycles. The van der Waals surface area contributed by atoms with Crippen LogP contribution in [0.5, 0.6) is 5.75 Å². The van der Waals surface area contributed by atoms with Crippen molar-refractivity contribution in [2.45, 2.75) is 12.6 Å². The first-order chi connectivity index (χ1) is 12.1. The molecular formula is C19H23ClN4O2. The first-order valence-corrected chi connectivity index (χ1v) is 8.12. The highest BCUT2D eigenvalue weighted by Crippen LogP contribution is 2.28. The summed E-state index contributed by atoms with van der Waals surface area (Å²) in [6.45, 7) is 0.391. The van der Waals surface area contributed by atoms with Gasteiger partial charge in [-0.05, 0) is 23.9 Å². The highest BCUT2D eigenvalue weighted by molar-refractivity contribution is 5.89. The van der Waals surface area contributed by atoms with Crippen LogP contribution in [0.2, 0.25) is 0 Å². The van der Waals surface area contributed by atoms with Gasteiger partial charge in [0.05, 0.1) is 13.3 Å². The Bertz CT molecular complexity index is 894. The Kier molecular flexibility index (Phi) is 6.60. The molecule has 0 aliphatic carbocycles. The zero-order valence-electron chi connectivity index (χ0n) is 15.0. The Hall–Kier alpha value is -2.57. The number of aryl methyl sites for hydroxylation is 1. The minimum Gasteiger partial charge on any atom is -0.496 e. The number of likely N-dealkylation sites (N-methyl/N-ethyl adjacent to an activating group) is 1. The lowest BCUT2D eigenvalue weighted by Crippen LogP contribution is -2.35. The van der Waals surface area contributed by atoms with Crippen LogP contribution < -0.4 is 15.4 Å². The molecule has 3 aromatic rings. The van der Waals surface area contributed by atoms with Gasteiger partial charge in [-0.15, -0.1) is 12.4 Å². The maximum Gasteiger partial charge on any atom is 0.242 e. The predicted octanol–water partition coefficient (Wildman–Crippen LogP) is 2.58. The number of carbonyl (C=O) groups is 1. The Morgan fingerprint density at radius 2 is 2.04 bits per heavy atom. The second kappa shape index (κ2) is 8.69. The number of benzene rings is 2. The van der Waals surface area contributed by atoms with E-state index in [1.807, 2.05) is 49.6 Å². The number of halogens is 1. The van der Waals surface area contributed by atoms with Crippen molar-refractivity contribution in [3.05, 3.63) is 59.9 Å².